The molecule has 1 atom stereocenters. The van der Waals surface area contributed by atoms with Gasteiger partial charge in [0, 0.05) is 17.6 Å². The third-order valence-electron chi connectivity index (χ3n) is 4.63. The third-order valence-corrected chi connectivity index (χ3v) is 6.17. The van der Waals surface area contributed by atoms with Crippen molar-refractivity contribution >= 4 is 15.9 Å². The van der Waals surface area contributed by atoms with E-state index in [1.807, 2.05) is 13.8 Å². The molecule has 1 fully saturated rings. The van der Waals surface area contributed by atoms with Crippen molar-refractivity contribution in [3.63, 3.8) is 0 Å². The van der Waals surface area contributed by atoms with E-state index in [9.17, 15) is 13.2 Å². The molecule has 0 aromatic heterocycles. The van der Waals surface area contributed by atoms with Gasteiger partial charge in [0.1, 0.15) is 10.6 Å². The number of amides is 1. The Hall–Kier alpha value is -1.60. The Labute approximate surface area is 150 Å². The van der Waals surface area contributed by atoms with Gasteiger partial charge < -0.3 is 10.1 Å². The van der Waals surface area contributed by atoms with Gasteiger partial charge in [-0.05, 0) is 44.4 Å². The molecule has 1 saturated carbocycles. The summed E-state index contributed by atoms with van der Waals surface area (Å²) in [6.07, 6.45) is 5.69. The topological polar surface area (TPSA) is 84.5 Å². The summed E-state index contributed by atoms with van der Waals surface area (Å²) in [6, 6.07) is 4.47. The van der Waals surface area contributed by atoms with Crippen LogP contribution in [-0.4, -0.2) is 33.5 Å². The second-order valence-electron chi connectivity index (χ2n) is 6.60. The molecule has 6 nitrogen and oxygen atoms in total. The summed E-state index contributed by atoms with van der Waals surface area (Å²) in [4.78, 5) is 12.3. The van der Waals surface area contributed by atoms with Crippen LogP contribution in [0.5, 0.6) is 5.75 Å². The molecule has 1 aliphatic carbocycles. The zero-order valence-corrected chi connectivity index (χ0v) is 16.0. The van der Waals surface area contributed by atoms with Crippen LogP contribution in [0.3, 0.4) is 0 Å². The number of carbonyl (C=O) groups excluding carboxylic acids is 1. The van der Waals surface area contributed by atoms with Crippen LogP contribution in [0.25, 0.3) is 0 Å². The highest BCUT2D eigenvalue weighted by Gasteiger charge is 2.26. The van der Waals surface area contributed by atoms with E-state index in [4.69, 9.17) is 4.74 Å². The van der Waals surface area contributed by atoms with Gasteiger partial charge >= 0.3 is 0 Å². The van der Waals surface area contributed by atoms with Crippen LogP contribution in [-0.2, 0) is 10.0 Å². The van der Waals surface area contributed by atoms with Crippen molar-refractivity contribution in [3.8, 4) is 5.75 Å². The van der Waals surface area contributed by atoms with Gasteiger partial charge in [-0.25, -0.2) is 13.1 Å². The second kappa shape index (κ2) is 8.67. The van der Waals surface area contributed by atoms with Gasteiger partial charge in [-0.1, -0.05) is 26.2 Å². The van der Waals surface area contributed by atoms with Crippen LogP contribution >= 0.6 is 0 Å². The van der Waals surface area contributed by atoms with Crippen LogP contribution in [0.15, 0.2) is 23.1 Å². The molecule has 1 aromatic rings. The zero-order chi connectivity index (χ0) is 18.4. The smallest absolute Gasteiger partial charge is 0.251 e. The first-order valence-corrected chi connectivity index (χ1v) is 10.4. The Morgan fingerprint density at radius 3 is 2.56 bits per heavy atom. The lowest BCUT2D eigenvalue weighted by atomic mass is 9.96. The van der Waals surface area contributed by atoms with E-state index in [0.717, 1.165) is 38.5 Å². The van der Waals surface area contributed by atoms with Gasteiger partial charge in [0.25, 0.3) is 5.91 Å². The summed E-state index contributed by atoms with van der Waals surface area (Å²) >= 11 is 0. The molecule has 1 aromatic carbocycles. The van der Waals surface area contributed by atoms with Crippen LogP contribution in [0.2, 0.25) is 0 Å². The van der Waals surface area contributed by atoms with Crippen molar-refractivity contribution in [2.45, 2.75) is 69.4 Å². The number of ether oxygens (including phenoxy) is 1. The lowest BCUT2D eigenvalue weighted by Crippen LogP contribution is -2.36. The van der Waals surface area contributed by atoms with Crippen LogP contribution in [0.1, 0.15) is 62.7 Å². The number of hydrogen-bond donors (Lipinski definition) is 2. The monoisotopic (exact) mass is 368 g/mol. The predicted molar refractivity (Wildman–Crippen MR) is 97.4 cm³/mol. The summed E-state index contributed by atoms with van der Waals surface area (Å²) in [5.41, 5.74) is 0.310. The summed E-state index contributed by atoms with van der Waals surface area (Å²) in [5, 5.41) is 2.85. The first kappa shape index (κ1) is 19.7. The molecule has 2 rings (SSSR count). The normalized spacial score (nSPS) is 17.1. The largest absolute Gasteiger partial charge is 0.495 e. The van der Waals surface area contributed by atoms with Gasteiger partial charge in [-0.3, -0.25) is 4.79 Å². The summed E-state index contributed by atoms with van der Waals surface area (Å²) in [7, 11) is -2.32. The van der Waals surface area contributed by atoms with Gasteiger partial charge in [0.2, 0.25) is 10.0 Å². The molecule has 0 saturated heterocycles. The van der Waals surface area contributed by atoms with E-state index in [-0.39, 0.29) is 28.6 Å². The number of nitrogens with one attached hydrogen (secondary N) is 2. The van der Waals surface area contributed by atoms with E-state index in [1.165, 1.54) is 19.2 Å². The van der Waals surface area contributed by atoms with Crippen molar-refractivity contribution in [2.24, 2.45) is 0 Å². The molecule has 0 aliphatic heterocycles. The van der Waals surface area contributed by atoms with E-state index < -0.39 is 10.0 Å². The molecule has 0 spiro atoms. The fourth-order valence-corrected chi connectivity index (χ4v) is 4.44. The van der Waals surface area contributed by atoms with Crippen LogP contribution in [0, 0.1) is 0 Å². The maximum absolute atomic E-state index is 12.8. The van der Waals surface area contributed by atoms with E-state index >= 15 is 0 Å². The second-order valence-corrected chi connectivity index (χ2v) is 8.29. The first-order valence-electron chi connectivity index (χ1n) is 8.88. The van der Waals surface area contributed by atoms with Crippen molar-refractivity contribution in [2.75, 3.05) is 7.11 Å². The van der Waals surface area contributed by atoms with Crippen LogP contribution < -0.4 is 14.8 Å². The highest BCUT2D eigenvalue weighted by Crippen LogP contribution is 2.27. The quantitative estimate of drug-likeness (QED) is 0.775. The Balaban J connectivity index is 2.27. The van der Waals surface area contributed by atoms with Gasteiger partial charge in [-0.15, -0.1) is 0 Å². The first-order chi connectivity index (χ1) is 11.9. The van der Waals surface area contributed by atoms with E-state index in [0.29, 0.717) is 5.56 Å². The van der Waals surface area contributed by atoms with Gasteiger partial charge in [0.05, 0.1) is 7.11 Å². The van der Waals surface area contributed by atoms with Gasteiger partial charge in [-0.2, -0.15) is 0 Å². The number of carbonyl (C=O) groups is 1. The molecule has 1 aliphatic rings. The maximum Gasteiger partial charge on any atom is 0.251 e. The molecule has 2 N–H and O–H groups in total. The number of sulfonamides is 1. The molecule has 140 valence electrons. The number of benzene rings is 1. The summed E-state index contributed by atoms with van der Waals surface area (Å²) in [6.45, 7) is 3.88. The minimum atomic E-state index is -3.75. The molecule has 0 radical (unpaired) electrons. The Morgan fingerprint density at radius 2 is 1.96 bits per heavy atom. The average Bonchev–Trinajstić information content (AvgIpc) is 2.61. The minimum absolute atomic E-state index is 0.0115. The molecule has 0 unspecified atom stereocenters. The van der Waals surface area contributed by atoms with Crippen molar-refractivity contribution in [3.05, 3.63) is 23.8 Å². The molecule has 25 heavy (non-hydrogen) atoms. The lowest BCUT2D eigenvalue weighted by molar-refractivity contribution is 0.0939. The van der Waals surface area contributed by atoms with E-state index in [1.54, 1.807) is 6.07 Å². The summed E-state index contributed by atoms with van der Waals surface area (Å²) < 4.78 is 33.6. The number of methoxy groups -OCH3 is 1. The third kappa shape index (κ3) is 5.19. The summed E-state index contributed by atoms with van der Waals surface area (Å²) in [5.74, 6) is -0.0467. The van der Waals surface area contributed by atoms with Gasteiger partial charge in [0.15, 0.2) is 0 Å². The predicted octanol–water partition coefficient (Wildman–Crippen LogP) is 2.83. The molecule has 1 amide bonds. The Bertz CT molecular complexity index is 697. The average molecular weight is 368 g/mol. The Kier molecular flexibility index (Phi) is 6.84. The van der Waals surface area contributed by atoms with Crippen molar-refractivity contribution < 1.29 is 17.9 Å². The highest BCUT2D eigenvalue weighted by molar-refractivity contribution is 7.89. The zero-order valence-electron chi connectivity index (χ0n) is 15.2. The molecule has 0 bridgehead atoms. The molecular formula is C18H28N2O4S. The van der Waals surface area contributed by atoms with Crippen molar-refractivity contribution in [1.82, 2.24) is 10.0 Å². The van der Waals surface area contributed by atoms with E-state index in [2.05, 4.69) is 10.0 Å². The maximum atomic E-state index is 12.8. The minimum Gasteiger partial charge on any atom is -0.495 e. The highest BCUT2D eigenvalue weighted by atomic mass is 32.2. The SMILES string of the molecule is CC[C@@H](C)NC(=O)c1ccc(OC)c(S(=O)(=O)NC2CCCCC2)c1. The van der Waals surface area contributed by atoms with Crippen LogP contribution in [0.4, 0.5) is 0 Å². The number of rotatable bonds is 7. The molecule has 7 heteroatoms. The fourth-order valence-electron chi connectivity index (χ4n) is 2.94. The lowest BCUT2D eigenvalue weighted by Gasteiger charge is -2.23. The number of hydrogen-bond acceptors (Lipinski definition) is 4. The molecule has 0 heterocycles. The fraction of sp³-hybridized carbons (Fsp3) is 0.611. The van der Waals surface area contributed by atoms with Crippen molar-refractivity contribution in [1.29, 1.82) is 0 Å². The standard InChI is InChI=1S/C18H28N2O4S/c1-4-13(2)19-18(21)14-10-11-16(24-3)17(12-14)25(22,23)20-15-8-6-5-7-9-15/h10-13,15,20H,4-9H2,1-3H3,(H,19,21)/t13-/m1/s1. The Morgan fingerprint density at radius 1 is 1.28 bits per heavy atom. The molecular weight excluding hydrogens is 340 g/mol.